The van der Waals surface area contributed by atoms with Crippen molar-refractivity contribution in [3.8, 4) is 17.0 Å². The lowest BCUT2D eigenvalue weighted by Gasteiger charge is -2.07. The van der Waals surface area contributed by atoms with Gasteiger partial charge in [0.1, 0.15) is 5.75 Å². The van der Waals surface area contributed by atoms with Crippen LogP contribution >= 0.6 is 0 Å². The summed E-state index contributed by atoms with van der Waals surface area (Å²) in [5, 5.41) is 13.9. The van der Waals surface area contributed by atoms with Gasteiger partial charge in [-0.1, -0.05) is 12.1 Å². The quantitative estimate of drug-likeness (QED) is 0.788. The Kier molecular flexibility index (Phi) is 2.69. The number of phenols is 1. The number of para-hydroxylation sites is 1. The van der Waals surface area contributed by atoms with Crippen molar-refractivity contribution in [1.29, 1.82) is 0 Å². The maximum atomic E-state index is 9.70. The van der Waals surface area contributed by atoms with Gasteiger partial charge in [0, 0.05) is 18.3 Å². The van der Waals surface area contributed by atoms with E-state index in [1.165, 1.54) is 0 Å². The van der Waals surface area contributed by atoms with Crippen LogP contribution in [0.5, 0.6) is 5.75 Å². The van der Waals surface area contributed by atoms with E-state index in [1.807, 2.05) is 18.2 Å². The molecule has 0 atom stereocenters. The fourth-order valence-electron chi connectivity index (χ4n) is 1.55. The third-order valence-corrected chi connectivity index (χ3v) is 2.24. The molecule has 0 aliphatic heterocycles. The van der Waals surface area contributed by atoms with Crippen LogP contribution in [0.25, 0.3) is 11.3 Å². The van der Waals surface area contributed by atoms with E-state index in [9.17, 15) is 5.11 Å². The van der Waals surface area contributed by atoms with E-state index in [0.29, 0.717) is 13.1 Å². The summed E-state index contributed by atoms with van der Waals surface area (Å²) in [4.78, 5) is 0. The van der Waals surface area contributed by atoms with Crippen molar-refractivity contribution < 1.29 is 5.11 Å². The Bertz CT molecular complexity index is 451. The van der Waals surface area contributed by atoms with Crippen molar-refractivity contribution in [3.63, 3.8) is 0 Å². The van der Waals surface area contributed by atoms with Gasteiger partial charge in [0.2, 0.25) is 0 Å². The van der Waals surface area contributed by atoms with E-state index in [2.05, 4.69) is 5.10 Å². The Hall–Kier alpha value is -1.81. The van der Waals surface area contributed by atoms with E-state index in [4.69, 9.17) is 5.73 Å². The summed E-state index contributed by atoms with van der Waals surface area (Å²) >= 11 is 0. The molecule has 0 aliphatic rings. The second-order valence-corrected chi connectivity index (χ2v) is 3.25. The number of aromatic nitrogens is 2. The maximum absolute atomic E-state index is 9.70. The lowest BCUT2D eigenvalue weighted by molar-refractivity contribution is 0.476. The summed E-state index contributed by atoms with van der Waals surface area (Å²) in [6.07, 6.45) is 1.71. The van der Waals surface area contributed by atoms with E-state index in [1.54, 1.807) is 23.0 Å². The van der Waals surface area contributed by atoms with E-state index < -0.39 is 0 Å². The van der Waals surface area contributed by atoms with Crippen LogP contribution in [0.1, 0.15) is 0 Å². The first-order valence-electron chi connectivity index (χ1n) is 4.83. The molecular formula is C11H13N3O. The Morgan fingerprint density at radius 1 is 1.27 bits per heavy atom. The molecule has 4 nitrogen and oxygen atoms in total. The second-order valence-electron chi connectivity index (χ2n) is 3.25. The molecule has 3 N–H and O–H groups in total. The van der Waals surface area contributed by atoms with E-state index >= 15 is 0 Å². The molecule has 0 radical (unpaired) electrons. The molecule has 1 aromatic carbocycles. The summed E-state index contributed by atoms with van der Waals surface area (Å²) in [6.45, 7) is 1.18. The Morgan fingerprint density at radius 3 is 2.80 bits per heavy atom. The van der Waals surface area contributed by atoms with Gasteiger partial charge in [-0.05, 0) is 18.2 Å². The van der Waals surface area contributed by atoms with Crippen LogP contribution in [0.3, 0.4) is 0 Å². The van der Waals surface area contributed by atoms with Gasteiger partial charge < -0.3 is 10.8 Å². The van der Waals surface area contributed by atoms with Crippen LogP contribution < -0.4 is 5.73 Å². The average molecular weight is 203 g/mol. The van der Waals surface area contributed by atoms with Gasteiger partial charge in [-0.15, -0.1) is 0 Å². The predicted octanol–water partition coefficient (Wildman–Crippen LogP) is 1.21. The third-order valence-electron chi connectivity index (χ3n) is 2.24. The number of aromatic hydroxyl groups is 1. The molecule has 0 saturated heterocycles. The summed E-state index contributed by atoms with van der Waals surface area (Å²) in [6, 6.07) is 9.07. The maximum Gasteiger partial charge on any atom is 0.124 e. The van der Waals surface area contributed by atoms with E-state index in [-0.39, 0.29) is 5.75 Å². The molecule has 0 unspecified atom stereocenters. The first-order valence-corrected chi connectivity index (χ1v) is 4.83. The topological polar surface area (TPSA) is 64.1 Å². The molecule has 1 heterocycles. The van der Waals surface area contributed by atoms with Gasteiger partial charge in [0.25, 0.3) is 0 Å². The molecule has 0 aliphatic carbocycles. The smallest absolute Gasteiger partial charge is 0.124 e. The Labute approximate surface area is 88.0 Å². The number of benzene rings is 1. The number of rotatable bonds is 3. The molecule has 2 aromatic rings. The first kappa shape index (κ1) is 9.73. The SMILES string of the molecule is NCCn1nccc1-c1ccccc1O. The zero-order valence-electron chi connectivity index (χ0n) is 8.30. The van der Waals surface area contributed by atoms with Gasteiger partial charge >= 0.3 is 0 Å². The number of hydrogen-bond donors (Lipinski definition) is 2. The van der Waals surface area contributed by atoms with Crippen molar-refractivity contribution in [2.75, 3.05) is 6.54 Å². The molecule has 0 saturated carbocycles. The molecule has 0 spiro atoms. The number of phenolic OH excluding ortho intramolecular Hbond substituents is 1. The van der Waals surface area contributed by atoms with Gasteiger partial charge in [0.05, 0.1) is 12.2 Å². The van der Waals surface area contributed by atoms with Gasteiger partial charge in [-0.25, -0.2) is 0 Å². The van der Waals surface area contributed by atoms with Gasteiger partial charge in [-0.2, -0.15) is 5.10 Å². The second kappa shape index (κ2) is 4.14. The molecule has 2 rings (SSSR count). The summed E-state index contributed by atoms with van der Waals surface area (Å²) in [5.74, 6) is 0.260. The van der Waals surface area contributed by atoms with Crippen LogP contribution in [0.2, 0.25) is 0 Å². The molecule has 4 heteroatoms. The minimum absolute atomic E-state index is 0.260. The molecule has 1 aromatic heterocycles. The highest BCUT2D eigenvalue weighted by molar-refractivity contribution is 5.66. The van der Waals surface area contributed by atoms with Crippen molar-refractivity contribution in [2.45, 2.75) is 6.54 Å². The zero-order valence-corrected chi connectivity index (χ0v) is 8.30. The van der Waals surface area contributed by atoms with Crippen LogP contribution in [0, 0.1) is 0 Å². The van der Waals surface area contributed by atoms with Crippen LogP contribution in [0.4, 0.5) is 0 Å². The van der Waals surface area contributed by atoms with Crippen molar-refractivity contribution in [3.05, 3.63) is 36.5 Å². The molecule has 0 fully saturated rings. The Balaban J connectivity index is 2.45. The Morgan fingerprint density at radius 2 is 2.07 bits per heavy atom. The molecule has 15 heavy (non-hydrogen) atoms. The lowest BCUT2D eigenvalue weighted by atomic mass is 10.1. The highest BCUT2D eigenvalue weighted by Gasteiger charge is 2.07. The molecular weight excluding hydrogens is 190 g/mol. The first-order chi connectivity index (χ1) is 7.33. The minimum atomic E-state index is 0.260. The fraction of sp³-hybridized carbons (Fsp3) is 0.182. The normalized spacial score (nSPS) is 10.5. The number of hydrogen-bond acceptors (Lipinski definition) is 3. The standard InChI is InChI=1S/C11H13N3O/c12-6-8-14-10(5-7-13-14)9-3-1-2-4-11(9)15/h1-5,7,15H,6,8,12H2. The zero-order chi connectivity index (χ0) is 10.7. The molecule has 78 valence electrons. The summed E-state index contributed by atoms with van der Waals surface area (Å²) in [5.41, 5.74) is 7.15. The highest BCUT2D eigenvalue weighted by Crippen LogP contribution is 2.27. The van der Waals surface area contributed by atoms with Crippen LogP contribution in [-0.4, -0.2) is 21.4 Å². The number of nitrogens with two attached hydrogens (primary N) is 1. The van der Waals surface area contributed by atoms with Gasteiger partial charge in [-0.3, -0.25) is 4.68 Å². The monoisotopic (exact) mass is 203 g/mol. The van der Waals surface area contributed by atoms with E-state index in [0.717, 1.165) is 11.3 Å². The minimum Gasteiger partial charge on any atom is -0.507 e. The predicted molar refractivity (Wildman–Crippen MR) is 58.4 cm³/mol. The van der Waals surface area contributed by atoms with Crippen molar-refractivity contribution in [2.24, 2.45) is 5.73 Å². The molecule has 0 bridgehead atoms. The van der Waals surface area contributed by atoms with Crippen LogP contribution in [0.15, 0.2) is 36.5 Å². The fourth-order valence-corrected chi connectivity index (χ4v) is 1.55. The van der Waals surface area contributed by atoms with Gasteiger partial charge in [0.15, 0.2) is 0 Å². The summed E-state index contributed by atoms with van der Waals surface area (Å²) in [7, 11) is 0. The molecule has 0 amide bonds. The number of nitrogens with zero attached hydrogens (tertiary/aromatic N) is 2. The highest BCUT2D eigenvalue weighted by atomic mass is 16.3. The van der Waals surface area contributed by atoms with Crippen molar-refractivity contribution >= 4 is 0 Å². The lowest BCUT2D eigenvalue weighted by Crippen LogP contribution is -2.11. The van der Waals surface area contributed by atoms with Crippen LogP contribution in [-0.2, 0) is 6.54 Å². The summed E-state index contributed by atoms with van der Waals surface area (Å²) < 4.78 is 1.79. The van der Waals surface area contributed by atoms with Crippen molar-refractivity contribution in [1.82, 2.24) is 9.78 Å². The average Bonchev–Trinajstić information content (AvgIpc) is 2.67. The largest absolute Gasteiger partial charge is 0.507 e. The third kappa shape index (κ3) is 1.85.